The van der Waals surface area contributed by atoms with Crippen molar-refractivity contribution in [2.45, 2.75) is 109 Å². The Labute approximate surface area is 392 Å². The number of hydrogen-bond donors (Lipinski definition) is 6. The Hall–Kier alpha value is -6.32. The highest BCUT2D eigenvalue weighted by Gasteiger charge is 2.61. The molecule has 0 radical (unpaired) electrons. The van der Waals surface area contributed by atoms with Gasteiger partial charge < -0.3 is 41.0 Å². The van der Waals surface area contributed by atoms with Crippen LogP contribution in [0.3, 0.4) is 0 Å². The number of alkyl halides is 8. The predicted octanol–water partition coefficient (Wildman–Crippen LogP) is 8.65. The number of ether oxygens (including phenoxy) is 1. The van der Waals surface area contributed by atoms with Crippen LogP contribution in [0.1, 0.15) is 86.6 Å². The van der Waals surface area contributed by atoms with E-state index in [4.69, 9.17) is 14.6 Å². The predicted molar refractivity (Wildman–Crippen MR) is 238 cm³/mol. The van der Waals surface area contributed by atoms with Gasteiger partial charge >= 0.3 is 30.3 Å². The molecular weight excluding hydrogens is 927 g/mol. The maximum atomic E-state index is 14.0. The van der Waals surface area contributed by atoms with E-state index in [-0.39, 0.29) is 46.9 Å². The smallest absolute Gasteiger partial charge is 0.475 e. The largest absolute Gasteiger partial charge is 0.490 e. The number of benzene rings is 3. The Morgan fingerprint density at radius 3 is 2.04 bits per heavy atom. The molecule has 376 valence electrons. The number of fused-ring (bicyclic) bond motifs is 1. The van der Waals surface area contributed by atoms with Crippen LogP contribution >= 0.6 is 0 Å². The van der Waals surface area contributed by atoms with Crippen molar-refractivity contribution in [3.8, 4) is 11.1 Å². The van der Waals surface area contributed by atoms with Gasteiger partial charge in [-0.15, -0.1) is 0 Å². The van der Waals surface area contributed by atoms with Gasteiger partial charge in [0.15, 0.2) is 5.82 Å². The highest BCUT2D eigenvalue weighted by molar-refractivity contribution is 5.99. The molecule has 1 saturated carbocycles. The highest BCUT2D eigenvalue weighted by Crippen LogP contribution is 2.43. The molecule has 3 aromatic carbocycles. The van der Waals surface area contributed by atoms with Crippen molar-refractivity contribution in [2.75, 3.05) is 32.0 Å². The number of H-pyrrole nitrogens is 1. The van der Waals surface area contributed by atoms with Gasteiger partial charge in [0, 0.05) is 36.2 Å². The Balaban J connectivity index is 0.00000118. The molecular formula is C47H55F8N7O7. The molecule has 2 fully saturated rings. The summed E-state index contributed by atoms with van der Waals surface area (Å²) in [5.41, 5.74) is 3.10. The number of carbonyl (C=O) groups is 5. The van der Waals surface area contributed by atoms with Crippen LogP contribution in [-0.4, -0.2) is 106 Å². The summed E-state index contributed by atoms with van der Waals surface area (Å²) in [5.74, 6) is -10.9. The van der Waals surface area contributed by atoms with E-state index in [1.165, 1.54) is 18.2 Å². The number of likely N-dealkylation sites (tertiary alicyclic amines) is 1. The van der Waals surface area contributed by atoms with Crippen molar-refractivity contribution < 1.29 is 68.9 Å². The zero-order valence-corrected chi connectivity index (χ0v) is 38.5. The molecule has 0 spiro atoms. The van der Waals surface area contributed by atoms with Gasteiger partial charge in [0.05, 0.1) is 11.0 Å². The first-order valence-electron chi connectivity index (χ1n) is 22.1. The van der Waals surface area contributed by atoms with Crippen molar-refractivity contribution >= 4 is 46.5 Å². The molecule has 69 heavy (non-hydrogen) atoms. The van der Waals surface area contributed by atoms with E-state index >= 15 is 0 Å². The lowest BCUT2D eigenvalue weighted by molar-refractivity contribution is -0.292. The second kappa shape index (κ2) is 22.0. The summed E-state index contributed by atoms with van der Waals surface area (Å²) in [4.78, 5) is 69.4. The molecule has 22 heteroatoms. The molecule has 1 aliphatic heterocycles. The van der Waals surface area contributed by atoms with E-state index in [1.807, 2.05) is 48.3 Å². The minimum absolute atomic E-state index is 0.0658. The number of aromatic amines is 1. The summed E-state index contributed by atoms with van der Waals surface area (Å²) >= 11 is 0. The van der Waals surface area contributed by atoms with Crippen molar-refractivity contribution in [1.29, 1.82) is 0 Å². The standard InChI is InChI=1S/C45H54F5N7O5.C2HF3O2/c1-26-22-31(39(59)52-32-18-20-57(5)21-19-32)14-16-34(26)29-10-6-27(7-11-29)23-37(54-38(58)30-12-8-28(9-13-30)25-51-42(61)62-43(2,3)4)40(60)53-33-15-17-35-36(24-33)56-41(55-35)44(46,47)45(48,49)50;3-2(4,5)1(6)7/h6-7,10-11,14-17,22,24,28,30,32,37H,8-9,12-13,18-21,23,25H2,1-5H3,(H,51,61)(H,52,59)(H,53,60)(H,54,58)(H,55,56);(H,6,7)/t28?,30?,37-;/m0./s1. The van der Waals surface area contributed by atoms with E-state index in [2.05, 4.69) is 38.2 Å². The fourth-order valence-corrected chi connectivity index (χ4v) is 7.88. The summed E-state index contributed by atoms with van der Waals surface area (Å²) in [5, 5.41) is 18.6. The number of carboxylic acid groups (broad SMARTS) is 1. The first kappa shape index (κ1) is 53.6. The van der Waals surface area contributed by atoms with Crippen LogP contribution < -0.4 is 21.3 Å². The molecule has 6 N–H and O–H groups in total. The average Bonchev–Trinajstić information content (AvgIpc) is 3.70. The van der Waals surface area contributed by atoms with Crippen LogP contribution in [0.2, 0.25) is 0 Å². The Morgan fingerprint density at radius 1 is 0.855 bits per heavy atom. The maximum Gasteiger partial charge on any atom is 0.490 e. The normalized spacial score (nSPS) is 17.8. The molecule has 6 rings (SSSR count). The number of carboxylic acids is 1. The number of aromatic nitrogens is 2. The molecule has 14 nitrogen and oxygen atoms in total. The van der Waals surface area contributed by atoms with Gasteiger partial charge in [0.2, 0.25) is 11.8 Å². The van der Waals surface area contributed by atoms with Crippen LogP contribution in [0.4, 0.5) is 45.6 Å². The summed E-state index contributed by atoms with van der Waals surface area (Å²) in [6.45, 7) is 9.52. The molecule has 1 saturated heterocycles. The molecule has 0 bridgehead atoms. The third kappa shape index (κ3) is 15.1. The average molecular weight is 982 g/mol. The molecule has 0 unspecified atom stereocenters. The van der Waals surface area contributed by atoms with E-state index in [1.54, 1.807) is 26.8 Å². The number of nitrogens with one attached hydrogen (secondary N) is 5. The van der Waals surface area contributed by atoms with E-state index in [9.17, 15) is 54.3 Å². The van der Waals surface area contributed by atoms with Crippen molar-refractivity contribution in [3.63, 3.8) is 0 Å². The van der Waals surface area contributed by atoms with E-state index < -0.39 is 59.6 Å². The summed E-state index contributed by atoms with van der Waals surface area (Å²) in [7, 11) is 2.07. The molecule has 2 heterocycles. The number of anilines is 1. The lowest BCUT2D eigenvalue weighted by Crippen LogP contribution is -2.48. The second-order valence-corrected chi connectivity index (χ2v) is 18.3. The number of aliphatic carboxylic acids is 1. The van der Waals surface area contributed by atoms with Crippen LogP contribution in [0.15, 0.2) is 60.7 Å². The fraction of sp³-hybridized carbons (Fsp3) is 0.489. The van der Waals surface area contributed by atoms with Crippen molar-refractivity contribution in [1.82, 2.24) is 30.8 Å². The monoisotopic (exact) mass is 981 g/mol. The van der Waals surface area contributed by atoms with Crippen LogP contribution in [-0.2, 0) is 31.5 Å². The van der Waals surface area contributed by atoms with Gasteiger partial charge in [0.25, 0.3) is 5.91 Å². The van der Waals surface area contributed by atoms with Gasteiger partial charge in [0.1, 0.15) is 11.6 Å². The van der Waals surface area contributed by atoms with Crippen LogP contribution in [0.5, 0.6) is 0 Å². The zero-order chi connectivity index (χ0) is 51.1. The number of nitrogens with zero attached hydrogens (tertiary/aromatic N) is 2. The van der Waals surface area contributed by atoms with Gasteiger partial charge in [-0.05, 0) is 145 Å². The fourth-order valence-electron chi connectivity index (χ4n) is 7.88. The van der Waals surface area contributed by atoms with Gasteiger partial charge in [-0.3, -0.25) is 14.4 Å². The number of piperidine rings is 1. The van der Waals surface area contributed by atoms with Crippen LogP contribution in [0.25, 0.3) is 22.2 Å². The second-order valence-electron chi connectivity index (χ2n) is 18.3. The minimum Gasteiger partial charge on any atom is -0.475 e. The first-order valence-corrected chi connectivity index (χ1v) is 22.1. The minimum atomic E-state index is -5.87. The SMILES string of the molecule is Cc1cc(C(=O)NC2CCN(C)CC2)ccc1-c1ccc(C[C@H](NC(=O)C2CCC(CNC(=O)OC(C)(C)C)CC2)C(=O)Nc2ccc3nc(C(F)(F)C(F)(F)F)[nH]c3c2)cc1.O=C(O)C(F)(F)F. The Bertz CT molecular complexity index is 2460. The quantitative estimate of drug-likeness (QED) is 0.0754. The number of aryl methyl sites for hydroxylation is 1. The lowest BCUT2D eigenvalue weighted by Gasteiger charge is -2.29. The van der Waals surface area contributed by atoms with Gasteiger partial charge in [-0.25, -0.2) is 14.6 Å². The number of halogens is 8. The number of imidazole rings is 1. The van der Waals surface area contributed by atoms with E-state index in [0.717, 1.165) is 42.6 Å². The third-order valence-corrected chi connectivity index (χ3v) is 11.7. The maximum absolute atomic E-state index is 14.0. The topological polar surface area (TPSA) is 195 Å². The number of alkyl carbamates (subject to hydrolysis) is 1. The van der Waals surface area contributed by atoms with Crippen molar-refractivity contribution in [2.24, 2.45) is 11.8 Å². The van der Waals surface area contributed by atoms with Crippen LogP contribution in [0, 0.1) is 18.8 Å². The molecule has 1 atom stereocenters. The Kier molecular flexibility index (Phi) is 17.1. The Morgan fingerprint density at radius 2 is 1.48 bits per heavy atom. The molecule has 1 aromatic heterocycles. The van der Waals surface area contributed by atoms with Gasteiger partial charge in [-0.1, -0.05) is 30.3 Å². The molecule has 2 aliphatic rings. The number of hydrogen-bond acceptors (Lipinski definition) is 8. The molecule has 4 amide bonds. The number of rotatable bonds is 12. The number of amides is 4. The van der Waals surface area contributed by atoms with E-state index in [0.29, 0.717) is 43.4 Å². The van der Waals surface area contributed by atoms with Crippen molar-refractivity contribution in [3.05, 3.63) is 83.2 Å². The third-order valence-electron chi connectivity index (χ3n) is 11.7. The zero-order valence-electron chi connectivity index (χ0n) is 38.5. The first-order chi connectivity index (χ1) is 32.1. The highest BCUT2D eigenvalue weighted by atomic mass is 19.4. The molecule has 1 aliphatic carbocycles. The summed E-state index contributed by atoms with van der Waals surface area (Å²) in [6, 6.07) is 15.8. The summed E-state index contributed by atoms with van der Waals surface area (Å²) < 4.78 is 104. The lowest BCUT2D eigenvalue weighted by atomic mass is 9.81. The van der Waals surface area contributed by atoms with Gasteiger partial charge in [-0.2, -0.15) is 35.1 Å². The summed E-state index contributed by atoms with van der Waals surface area (Å²) in [6.07, 6.45) is -7.23. The molecule has 4 aromatic rings. The number of carbonyl (C=O) groups excluding carboxylic acids is 4.